The number of thiophene rings is 1. The number of rotatable bonds is 9. The Morgan fingerprint density at radius 2 is 2.14 bits per heavy atom. The van der Waals surface area contributed by atoms with Gasteiger partial charge in [0.15, 0.2) is 0 Å². The van der Waals surface area contributed by atoms with Gasteiger partial charge in [-0.25, -0.2) is 4.79 Å². The Morgan fingerprint density at radius 1 is 1.31 bits per heavy atom. The third-order valence-corrected chi connectivity index (χ3v) is 6.96. The third-order valence-electron chi connectivity index (χ3n) is 5.77. The first-order chi connectivity index (χ1) is 16.9. The van der Waals surface area contributed by atoms with Crippen LogP contribution in [0.3, 0.4) is 0 Å². The molecule has 2 aromatic heterocycles. The Kier molecular flexibility index (Phi) is 7.91. The van der Waals surface area contributed by atoms with Crippen LogP contribution in [0.15, 0.2) is 34.9 Å². The van der Waals surface area contributed by atoms with Gasteiger partial charge < -0.3 is 30.4 Å². The van der Waals surface area contributed by atoms with E-state index in [9.17, 15) is 9.59 Å². The van der Waals surface area contributed by atoms with Crippen molar-refractivity contribution in [2.45, 2.75) is 58.6 Å². The van der Waals surface area contributed by atoms with Crippen LogP contribution in [0.5, 0.6) is 5.75 Å². The first kappa shape index (κ1) is 24.6. The van der Waals surface area contributed by atoms with E-state index in [1.165, 1.54) is 11.3 Å². The highest BCUT2D eigenvalue weighted by Crippen LogP contribution is 2.40. The molecule has 1 aliphatic carbocycles. The molecular weight excluding hydrogens is 468 g/mol. The van der Waals surface area contributed by atoms with Crippen molar-refractivity contribution in [3.63, 3.8) is 0 Å². The second kappa shape index (κ2) is 11.3. The number of carbonyl (C=O) groups is 2. The van der Waals surface area contributed by atoms with Crippen LogP contribution in [0.4, 0.5) is 15.5 Å². The lowest BCUT2D eigenvalue weighted by molar-refractivity contribution is -0.116. The van der Waals surface area contributed by atoms with Crippen LogP contribution in [0.25, 0.3) is 0 Å². The Hall–Kier alpha value is -3.53. The average Bonchev–Trinajstić information content (AvgIpc) is 3.39. The minimum Gasteiger partial charge on any atom is -0.494 e. The first-order valence-corrected chi connectivity index (χ1v) is 12.5. The van der Waals surface area contributed by atoms with Gasteiger partial charge in [-0.2, -0.15) is 0 Å². The Labute approximate surface area is 208 Å². The summed E-state index contributed by atoms with van der Waals surface area (Å²) in [5.74, 6) is 1.39. The molecule has 0 radical (unpaired) electrons. The molecule has 1 aromatic carbocycles. The van der Waals surface area contributed by atoms with Gasteiger partial charge in [0.1, 0.15) is 28.3 Å². The zero-order valence-electron chi connectivity index (χ0n) is 19.9. The predicted molar refractivity (Wildman–Crippen MR) is 134 cm³/mol. The van der Waals surface area contributed by atoms with Crippen LogP contribution in [0, 0.1) is 6.92 Å². The molecule has 1 atom stereocenters. The lowest BCUT2D eigenvalue weighted by atomic mass is 9.95. The van der Waals surface area contributed by atoms with Crippen molar-refractivity contribution >= 4 is 34.0 Å². The van der Waals surface area contributed by atoms with E-state index in [1.807, 2.05) is 31.2 Å². The molecule has 10 heteroatoms. The smallest absolute Gasteiger partial charge is 0.407 e. The highest BCUT2D eigenvalue weighted by Gasteiger charge is 2.27. The van der Waals surface area contributed by atoms with Crippen molar-refractivity contribution in [1.82, 2.24) is 10.5 Å². The number of ether oxygens (including phenoxy) is 2. The monoisotopic (exact) mass is 498 g/mol. The van der Waals surface area contributed by atoms with Gasteiger partial charge in [0.2, 0.25) is 5.91 Å². The van der Waals surface area contributed by atoms with Crippen LogP contribution < -0.4 is 21.1 Å². The van der Waals surface area contributed by atoms with Gasteiger partial charge in [-0.15, -0.1) is 11.3 Å². The number of hydrogen-bond donors (Lipinski definition) is 3. The highest BCUT2D eigenvalue weighted by atomic mass is 32.1. The number of alkyl carbamates (subject to hydrolysis) is 1. The van der Waals surface area contributed by atoms with Crippen molar-refractivity contribution < 1.29 is 23.6 Å². The third kappa shape index (κ3) is 6.33. The quantitative estimate of drug-likeness (QED) is 0.399. The summed E-state index contributed by atoms with van der Waals surface area (Å²) in [7, 11) is 0. The number of aryl methyl sites for hydroxylation is 2. The average molecular weight is 499 g/mol. The molecule has 2 amide bonds. The summed E-state index contributed by atoms with van der Waals surface area (Å²) in [5, 5.41) is 10.2. The van der Waals surface area contributed by atoms with E-state index >= 15 is 0 Å². The van der Waals surface area contributed by atoms with E-state index in [1.54, 1.807) is 13.0 Å². The maximum absolute atomic E-state index is 12.6. The molecule has 0 bridgehead atoms. The molecule has 0 fully saturated rings. The molecule has 35 heavy (non-hydrogen) atoms. The molecular formula is C25H30N4O5S. The molecule has 0 spiro atoms. The van der Waals surface area contributed by atoms with E-state index in [4.69, 9.17) is 19.7 Å². The number of benzene rings is 1. The van der Waals surface area contributed by atoms with Crippen molar-refractivity contribution in [2.75, 3.05) is 17.7 Å². The van der Waals surface area contributed by atoms with Crippen molar-refractivity contribution in [3.05, 3.63) is 57.8 Å². The second-order valence-corrected chi connectivity index (χ2v) is 9.49. The maximum atomic E-state index is 12.6. The van der Waals surface area contributed by atoms with E-state index in [0.717, 1.165) is 21.8 Å². The van der Waals surface area contributed by atoms with Gasteiger partial charge in [-0.05, 0) is 50.3 Å². The summed E-state index contributed by atoms with van der Waals surface area (Å²) in [4.78, 5) is 25.9. The van der Waals surface area contributed by atoms with Gasteiger partial charge >= 0.3 is 6.09 Å². The topological polar surface area (TPSA) is 129 Å². The molecule has 0 aliphatic heterocycles. The van der Waals surface area contributed by atoms with Gasteiger partial charge in [-0.3, -0.25) is 4.79 Å². The molecule has 186 valence electrons. The molecule has 0 saturated heterocycles. The maximum Gasteiger partial charge on any atom is 0.407 e. The Bertz CT molecular complexity index is 1190. The van der Waals surface area contributed by atoms with Gasteiger partial charge in [0.05, 0.1) is 18.8 Å². The van der Waals surface area contributed by atoms with Crippen molar-refractivity contribution in [1.29, 1.82) is 0 Å². The standard InChI is InChI=1S/C25H30N4O5S/c1-3-32-20-7-5-4-6-16(20)8-11-22(30)28-24-23(26)19-10-9-18(13-21(19)35-24)33-25(31)27-14-17-12-15(2)34-29-17/h4-7,12,18H,3,8-11,13-14,26H2,1-2H3,(H,27,31)(H,28,30). The van der Waals surface area contributed by atoms with Crippen LogP contribution in [-0.2, 0) is 35.3 Å². The van der Waals surface area contributed by atoms with Gasteiger partial charge in [-0.1, -0.05) is 23.4 Å². The molecule has 3 aromatic rings. The SMILES string of the molecule is CCOc1ccccc1CCC(=O)Nc1sc2c(c1N)CCC(OC(=O)NCc1cc(C)on1)C2. The van der Waals surface area contributed by atoms with Crippen LogP contribution in [-0.4, -0.2) is 29.9 Å². The molecule has 4 N–H and O–H groups in total. The molecule has 1 unspecified atom stereocenters. The zero-order valence-corrected chi connectivity index (χ0v) is 20.7. The lowest BCUT2D eigenvalue weighted by Crippen LogP contribution is -2.31. The van der Waals surface area contributed by atoms with Crippen LogP contribution >= 0.6 is 11.3 Å². The summed E-state index contributed by atoms with van der Waals surface area (Å²) >= 11 is 1.45. The number of hydrogen-bond acceptors (Lipinski definition) is 8. The van der Waals surface area contributed by atoms with Gasteiger partial charge in [0.25, 0.3) is 0 Å². The number of anilines is 2. The second-order valence-electron chi connectivity index (χ2n) is 8.39. The van der Waals surface area contributed by atoms with E-state index in [0.29, 0.717) is 60.9 Å². The highest BCUT2D eigenvalue weighted by molar-refractivity contribution is 7.17. The number of nitrogens with zero attached hydrogens (tertiary/aromatic N) is 1. The minimum absolute atomic E-state index is 0.100. The number of carbonyl (C=O) groups excluding carboxylic acids is 2. The largest absolute Gasteiger partial charge is 0.494 e. The molecule has 9 nitrogen and oxygen atoms in total. The van der Waals surface area contributed by atoms with E-state index in [2.05, 4.69) is 15.8 Å². The fourth-order valence-electron chi connectivity index (χ4n) is 4.07. The number of para-hydroxylation sites is 1. The summed E-state index contributed by atoms with van der Waals surface area (Å²) in [6.45, 7) is 4.55. The minimum atomic E-state index is -0.496. The first-order valence-electron chi connectivity index (χ1n) is 11.7. The fourth-order valence-corrected chi connectivity index (χ4v) is 5.32. The molecule has 4 rings (SSSR count). The van der Waals surface area contributed by atoms with E-state index in [-0.39, 0.29) is 18.6 Å². The summed E-state index contributed by atoms with van der Waals surface area (Å²) in [5.41, 5.74) is 9.62. The van der Waals surface area contributed by atoms with Crippen molar-refractivity contribution in [2.24, 2.45) is 0 Å². The van der Waals surface area contributed by atoms with Crippen LogP contribution in [0.2, 0.25) is 0 Å². The normalized spacial score (nSPS) is 14.7. The molecule has 1 aliphatic rings. The Balaban J connectivity index is 1.29. The zero-order chi connectivity index (χ0) is 24.8. The molecule has 0 saturated carbocycles. The number of fused-ring (bicyclic) bond motifs is 1. The van der Waals surface area contributed by atoms with Gasteiger partial charge in [0, 0.05) is 23.8 Å². The number of nitrogen functional groups attached to an aromatic ring is 1. The summed E-state index contributed by atoms with van der Waals surface area (Å²) in [6, 6.07) is 9.50. The Morgan fingerprint density at radius 3 is 2.91 bits per heavy atom. The number of nitrogens with one attached hydrogen (secondary N) is 2. The summed E-state index contributed by atoms with van der Waals surface area (Å²) in [6.07, 6.45) is 2.08. The number of amides is 2. The lowest BCUT2D eigenvalue weighted by Gasteiger charge is -2.22. The van der Waals surface area contributed by atoms with Crippen molar-refractivity contribution in [3.8, 4) is 5.75 Å². The van der Waals surface area contributed by atoms with Crippen LogP contribution in [0.1, 0.15) is 47.2 Å². The predicted octanol–water partition coefficient (Wildman–Crippen LogP) is 4.38. The number of nitrogens with two attached hydrogens (primary N) is 1. The van der Waals surface area contributed by atoms with E-state index < -0.39 is 6.09 Å². The summed E-state index contributed by atoms with van der Waals surface area (Å²) < 4.78 is 16.2. The fraction of sp³-hybridized carbons (Fsp3) is 0.400. The molecule has 2 heterocycles. The number of aromatic nitrogens is 1.